The monoisotopic (exact) mass is 446 g/mol. The van der Waals surface area contributed by atoms with Crippen molar-refractivity contribution in [3.63, 3.8) is 0 Å². The van der Waals surface area contributed by atoms with E-state index in [1.165, 1.54) is 4.90 Å². The van der Waals surface area contributed by atoms with Gasteiger partial charge in [0, 0.05) is 49.7 Å². The fraction of sp³-hybridized carbons (Fsp3) is 0.545. The lowest BCUT2D eigenvalue weighted by Gasteiger charge is -2.35. The van der Waals surface area contributed by atoms with Gasteiger partial charge in [-0.15, -0.1) is 0 Å². The minimum absolute atomic E-state index is 0.0825. The summed E-state index contributed by atoms with van der Waals surface area (Å²) < 4.78 is 0. The van der Waals surface area contributed by atoms with Crippen molar-refractivity contribution in [2.45, 2.75) is 44.1 Å². The van der Waals surface area contributed by atoms with Gasteiger partial charge in [-0.2, -0.15) is 0 Å². The van der Waals surface area contributed by atoms with Crippen molar-refractivity contribution in [1.82, 2.24) is 20.0 Å². The van der Waals surface area contributed by atoms with Crippen molar-refractivity contribution in [3.05, 3.63) is 34.9 Å². The second-order valence-corrected chi connectivity index (χ2v) is 8.90. The third-order valence-corrected chi connectivity index (χ3v) is 6.77. The summed E-state index contributed by atoms with van der Waals surface area (Å²) in [6.07, 6.45) is 4.38. The normalized spacial score (nSPS) is 20.9. The van der Waals surface area contributed by atoms with Crippen LogP contribution in [0.2, 0.25) is 5.02 Å². The zero-order valence-corrected chi connectivity index (χ0v) is 18.2. The molecule has 1 saturated carbocycles. The number of urea groups is 1. The van der Waals surface area contributed by atoms with Gasteiger partial charge >= 0.3 is 6.03 Å². The van der Waals surface area contributed by atoms with Crippen LogP contribution in [0.3, 0.4) is 0 Å². The Morgan fingerprint density at radius 1 is 0.935 bits per heavy atom. The molecule has 2 heterocycles. The van der Waals surface area contributed by atoms with E-state index in [-0.39, 0.29) is 30.7 Å². The van der Waals surface area contributed by atoms with Crippen molar-refractivity contribution >= 4 is 35.4 Å². The number of carbonyl (C=O) groups is 4. The molecule has 166 valence electrons. The highest BCUT2D eigenvalue weighted by Gasteiger charge is 2.51. The molecule has 0 unspecified atom stereocenters. The maximum atomic E-state index is 12.8. The third-order valence-electron chi connectivity index (χ3n) is 6.51. The molecular formula is C22H27ClN4O4. The minimum Gasteiger partial charge on any atom is -0.339 e. The molecule has 1 aromatic rings. The van der Waals surface area contributed by atoms with Gasteiger partial charge in [0.05, 0.1) is 0 Å². The van der Waals surface area contributed by atoms with Crippen LogP contribution in [0.25, 0.3) is 0 Å². The predicted octanol–water partition coefficient (Wildman–Crippen LogP) is 2.27. The first-order valence-electron chi connectivity index (χ1n) is 10.9. The molecule has 3 aliphatic rings. The minimum atomic E-state index is -0.758. The Morgan fingerprint density at radius 2 is 1.55 bits per heavy atom. The second-order valence-electron chi connectivity index (χ2n) is 8.46. The van der Waals surface area contributed by atoms with Crippen LogP contribution < -0.4 is 5.32 Å². The molecule has 5 amide bonds. The molecule has 1 N–H and O–H groups in total. The second kappa shape index (κ2) is 8.86. The van der Waals surface area contributed by atoms with E-state index in [2.05, 4.69) is 5.32 Å². The summed E-state index contributed by atoms with van der Waals surface area (Å²) in [5.41, 5.74) is -0.189. The fourth-order valence-corrected chi connectivity index (χ4v) is 4.80. The lowest BCUT2D eigenvalue weighted by molar-refractivity contribution is -0.135. The third kappa shape index (κ3) is 4.39. The predicted molar refractivity (Wildman–Crippen MR) is 115 cm³/mol. The van der Waals surface area contributed by atoms with E-state index < -0.39 is 11.6 Å². The van der Waals surface area contributed by atoms with E-state index in [9.17, 15) is 19.2 Å². The van der Waals surface area contributed by atoms with E-state index in [0.29, 0.717) is 49.6 Å². The maximum Gasteiger partial charge on any atom is 0.325 e. The number of imide groups is 1. The van der Waals surface area contributed by atoms with Crippen molar-refractivity contribution in [3.8, 4) is 0 Å². The number of hydrogen-bond donors (Lipinski definition) is 1. The van der Waals surface area contributed by atoms with Gasteiger partial charge in [0.15, 0.2) is 0 Å². The number of benzene rings is 1. The van der Waals surface area contributed by atoms with Crippen LogP contribution >= 0.6 is 11.6 Å². The lowest BCUT2D eigenvalue weighted by Crippen LogP contribution is -2.51. The molecule has 9 heteroatoms. The summed E-state index contributed by atoms with van der Waals surface area (Å²) in [4.78, 5) is 55.0. The van der Waals surface area contributed by atoms with Gasteiger partial charge in [0.2, 0.25) is 5.91 Å². The van der Waals surface area contributed by atoms with Gasteiger partial charge in [0.1, 0.15) is 5.54 Å². The van der Waals surface area contributed by atoms with Gasteiger partial charge < -0.3 is 15.1 Å². The van der Waals surface area contributed by atoms with E-state index in [0.717, 1.165) is 19.3 Å². The first-order chi connectivity index (χ1) is 14.9. The van der Waals surface area contributed by atoms with E-state index in [1.54, 1.807) is 34.1 Å². The molecule has 1 aromatic carbocycles. The quantitative estimate of drug-likeness (QED) is 0.718. The van der Waals surface area contributed by atoms with Gasteiger partial charge in [-0.05, 0) is 37.1 Å². The zero-order chi connectivity index (χ0) is 22.0. The molecule has 0 radical (unpaired) electrons. The Kier molecular flexibility index (Phi) is 6.18. The van der Waals surface area contributed by atoms with Gasteiger partial charge in [-0.3, -0.25) is 19.3 Å². The van der Waals surface area contributed by atoms with Crippen LogP contribution in [-0.2, 0) is 9.59 Å². The summed E-state index contributed by atoms with van der Waals surface area (Å²) in [5.74, 6) is -0.381. The first kappa shape index (κ1) is 21.6. The average molecular weight is 447 g/mol. The SMILES string of the molecule is O=C(CCN1C(=O)NC2(CCCCC2)C1=O)N1CCN(C(=O)c2ccc(Cl)cc2)CC1. The largest absolute Gasteiger partial charge is 0.339 e. The topological polar surface area (TPSA) is 90.0 Å². The van der Waals surface area contributed by atoms with Gasteiger partial charge in [-0.25, -0.2) is 4.79 Å². The van der Waals surface area contributed by atoms with E-state index >= 15 is 0 Å². The molecule has 0 atom stereocenters. The number of piperazine rings is 1. The van der Waals surface area contributed by atoms with Gasteiger partial charge in [0.25, 0.3) is 11.8 Å². The number of halogens is 1. The Morgan fingerprint density at radius 3 is 2.19 bits per heavy atom. The average Bonchev–Trinajstić information content (AvgIpc) is 3.01. The Bertz CT molecular complexity index is 874. The smallest absolute Gasteiger partial charge is 0.325 e. The van der Waals surface area contributed by atoms with Crippen LogP contribution in [-0.4, -0.2) is 76.7 Å². The van der Waals surface area contributed by atoms with Crippen LogP contribution in [0.1, 0.15) is 48.9 Å². The highest BCUT2D eigenvalue weighted by molar-refractivity contribution is 6.30. The number of nitrogens with one attached hydrogen (secondary N) is 1. The first-order valence-corrected chi connectivity index (χ1v) is 11.2. The molecule has 2 saturated heterocycles. The Balaban J connectivity index is 1.27. The maximum absolute atomic E-state index is 12.8. The summed E-state index contributed by atoms with van der Waals surface area (Å²) in [6, 6.07) is 6.36. The van der Waals surface area contributed by atoms with E-state index in [4.69, 9.17) is 11.6 Å². The van der Waals surface area contributed by atoms with E-state index in [1.807, 2.05) is 0 Å². The summed E-state index contributed by atoms with van der Waals surface area (Å²) in [6.45, 7) is 1.85. The molecular weight excluding hydrogens is 420 g/mol. The fourth-order valence-electron chi connectivity index (χ4n) is 4.67. The molecule has 0 bridgehead atoms. The number of nitrogens with zero attached hydrogens (tertiary/aromatic N) is 3. The number of carbonyl (C=O) groups excluding carboxylic acids is 4. The number of rotatable bonds is 4. The molecule has 2 aliphatic heterocycles. The zero-order valence-electron chi connectivity index (χ0n) is 17.4. The molecule has 4 rings (SSSR count). The standard InChI is InChI=1S/C22H27ClN4O4/c23-17-6-4-16(5-7-17)19(29)26-14-12-25(13-15-26)18(28)8-11-27-20(30)22(24-21(27)31)9-2-1-3-10-22/h4-7H,1-3,8-15H2,(H,24,31). The summed E-state index contributed by atoms with van der Waals surface area (Å²) >= 11 is 5.87. The van der Waals surface area contributed by atoms with Crippen LogP contribution in [0.15, 0.2) is 24.3 Å². The molecule has 3 fully saturated rings. The molecule has 8 nitrogen and oxygen atoms in total. The highest BCUT2D eigenvalue weighted by Crippen LogP contribution is 2.33. The molecule has 1 aliphatic carbocycles. The number of hydrogen-bond acceptors (Lipinski definition) is 4. The Labute approximate surface area is 186 Å². The van der Waals surface area contributed by atoms with Crippen molar-refractivity contribution in [2.75, 3.05) is 32.7 Å². The Hall–Kier alpha value is -2.61. The highest BCUT2D eigenvalue weighted by atomic mass is 35.5. The van der Waals surface area contributed by atoms with Crippen LogP contribution in [0.5, 0.6) is 0 Å². The van der Waals surface area contributed by atoms with Crippen LogP contribution in [0, 0.1) is 0 Å². The van der Waals surface area contributed by atoms with Crippen molar-refractivity contribution in [2.24, 2.45) is 0 Å². The summed E-state index contributed by atoms with van der Waals surface area (Å²) in [5, 5.41) is 3.45. The van der Waals surface area contributed by atoms with Crippen LogP contribution in [0.4, 0.5) is 4.79 Å². The lowest BCUT2D eigenvalue weighted by atomic mass is 9.82. The van der Waals surface area contributed by atoms with Gasteiger partial charge in [-0.1, -0.05) is 30.9 Å². The molecule has 1 spiro atoms. The molecule has 0 aromatic heterocycles. The summed E-state index contributed by atoms with van der Waals surface area (Å²) in [7, 11) is 0. The van der Waals surface area contributed by atoms with Crippen molar-refractivity contribution in [1.29, 1.82) is 0 Å². The van der Waals surface area contributed by atoms with Crippen molar-refractivity contribution < 1.29 is 19.2 Å². The number of amides is 5. The molecule has 31 heavy (non-hydrogen) atoms.